The first kappa shape index (κ1) is 15.1. The molecule has 1 rings (SSSR count). The van der Waals surface area contributed by atoms with Crippen LogP contribution in [-0.2, 0) is 9.53 Å². The molecule has 0 spiro atoms. The van der Waals surface area contributed by atoms with Crippen LogP contribution in [0.25, 0.3) is 0 Å². The number of likely N-dealkylation sites (tertiary alicyclic amines) is 1. The van der Waals surface area contributed by atoms with Crippen molar-refractivity contribution in [3.05, 3.63) is 0 Å². The minimum atomic E-state index is -0.519. The maximum atomic E-state index is 11.5. The maximum absolute atomic E-state index is 11.5. The minimum absolute atomic E-state index is 0.0350. The molecule has 5 nitrogen and oxygen atoms in total. The molecule has 18 heavy (non-hydrogen) atoms. The lowest BCUT2D eigenvalue weighted by atomic mass is 10.2. The molecule has 2 amide bonds. The monoisotopic (exact) mass is 276 g/mol. The van der Waals surface area contributed by atoms with Gasteiger partial charge in [-0.05, 0) is 27.7 Å². The first-order valence-electron chi connectivity index (χ1n) is 6.09. The highest BCUT2D eigenvalue weighted by Gasteiger charge is 2.29. The number of nitrogens with zero attached hydrogens (tertiary/aromatic N) is 1. The molecule has 1 saturated heterocycles. The summed E-state index contributed by atoms with van der Waals surface area (Å²) in [7, 11) is 0. The number of halogens is 1. The van der Waals surface area contributed by atoms with Gasteiger partial charge in [0.2, 0.25) is 5.91 Å². The number of alkyl halides is 1. The van der Waals surface area contributed by atoms with Crippen LogP contribution in [0.3, 0.4) is 0 Å². The molecule has 1 aliphatic rings. The Morgan fingerprint density at radius 2 is 2.22 bits per heavy atom. The molecule has 0 aromatic heterocycles. The van der Waals surface area contributed by atoms with Crippen molar-refractivity contribution in [1.82, 2.24) is 10.2 Å². The molecular formula is C12H21ClN2O3. The van der Waals surface area contributed by atoms with E-state index in [1.807, 2.05) is 6.92 Å². The van der Waals surface area contributed by atoms with Gasteiger partial charge in [-0.15, -0.1) is 11.6 Å². The third kappa shape index (κ3) is 5.12. The van der Waals surface area contributed by atoms with Gasteiger partial charge in [-0.3, -0.25) is 4.79 Å². The fraction of sp³-hybridized carbons (Fsp3) is 0.833. The van der Waals surface area contributed by atoms with E-state index >= 15 is 0 Å². The molecular weight excluding hydrogens is 256 g/mol. The van der Waals surface area contributed by atoms with Crippen molar-refractivity contribution in [3.8, 4) is 0 Å². The summed E-state index contributed by atoms with van der Waals surface area (Å²) < 4.78 is 5.14. The number of rotatable bonds is 3. The minimum Gasteiger partial charge on any atom is -0.444 e. The lowest BCUT2D eigenvalue weighted by Crippen LogP contribution is -2.44. The lowest BCUT2D eigenvalue weighted by molar-refractivity contribution is -0.127. The van der Waals surface area contributed by atoms with Gasteiger partial charge in [-0.2, -0.15) is 0 Å². The van der Waals surface area contributed by atoms with Gasteiger partial charge < -0.3 is 15.0 Å². The van der Waals surface area contributed by atoms with Crippen molar-refractivity contribution in [2.75, 3.05) is 13.1 Å². The molecule has 6 heteroatoms. The van der Waals surface area contributed by atoms with Crippen molar-refractivity contribution in [2.24, 2.45) is 0 Å². The summed E-state index contributed by atoms with van der Waals surface area (Å²) in [6, 6.07) is -0.161. The number of carbonyl (C=O) groups is 2. The van der Waals surface area contributed by atoms with Gasteiger partial charge in [0, 0.05) is 25.6 Å². The molecule has 0 aromatic carbocycles. The Bertz CT molecular complexity index is 328. The van der Waals surface area contributed by atoms with Crippen molar-refractivity contribution in [1.29, 1.82) is 0 Å². The Morgan fingerprint density at radius 1 is 1.61 bits per heavy atom. The summed E-state index contributed by atoms with van der Waals surface area (Å²) in [6.45, 7) is 8.25. The molecule has 1 aliphatic heterocycles. The number of hydrogen-bond acceptors (Lipinski definition) is 3. The SMILES string of the molecule is CC(CN1CC(Cl)CC1=O)NC(=O)OC(C)(C)C. The molecule has 0 aliphatic carbocycles. The summed E-state index contributed by atoms with van der Waals surface area (Å²) in [4.78, 5) is 24.7. The second kappa shape index (κ2) is 5.78. The van der Waals surface area contributed by atoms with E-state index in [0.717, 1.165) is 0 Å². The molecule has 0 aromatic rings. The Hall–Kier alpha value is -0.970. The average molecular weight is 277 g/mol. The summed E-state index contributed by atoms with van der Waals surface area (Å²) in [5.41, 5.74) is -0.519. The van der Waals surface area contributed by atoms with Crippen LogP contribution in [0.5, 0.6) is 0 Å². The summed E-state index contributed by atoms with van der Waals surface area (Å²) in [6.07, 6.45) is -0.0927. The molecule has 104 valence electrons. The Morgan fingerprint density at radius 3 is 2.67 bits per heavy atom. The van der Waals surface area contributed by atoms with Gasteiger partial charge in [0.25, 0.3) is 0 Å². The smallest absolute Gasteiger partial charge is 0.407 e. The molecule has 1 N–H and O–H groups in total. The van der Waals surface area contributed by atoms with E-state index in [1.54, 1.807) is 25.7 Å². The normalized spacial score (nSPS) is 21.9. The standard InChI is InChI=1S/C12H21ClN2O3/c1-8(14-11(17)18-12(2,3)4)6-15-7-9(13)5-10(15)16/h8-9H,5-7H2,1-4H3,(H,14,17). The van der Waals surface area contributed by atoms with Crippen LogP contribution in [0, 0.1) is 0 Å². The van der Waals surface area contributed by atoms with Crippen molar-refractivity contribution in [2.45, 2.75) is 51.1 Å². The first-order valence-corrected chi connectivity index (χ1v) is 6.52. The number of ether oxygens (including phenoxy) is 1. The second-order valence-electron chi connectivity index (χ2n) is 5.65. The van der Waals surface area contributed by atoms with Crippen molar-refractivity contribution in [3.63, 3.8) is 0 Å². The van der Waals surface area contributed by atoms with Gasteiger partial charge in [0.15, 0.2) is 0 Å². The molecule has 1 fully saturated rings. The predicted molar refractivity (Wildman–Crippen MR) is 69.7 cm³/mol. The van der Waals surface area contributed by atoms with Crippen LogP contribution in [-0.4, -0.2) is 47.0 Å². The van der Waals surface area contributed by atoms with Crippen LogP contribution >= 0.6 is 11.6 Å². The van der Waals surface area contributed by atoms with Gasteiger partial charge in [0.05, 0.1) is 5.38 Å². The summed E-state index contributed by atoms with van der Waals surface area (Å²) in [5, 5.41) is 2.58. The van der Waals surface area contributed by atoms with E-state index in [0.29, 0.717) is 19.5 Å². The quantitative estimate of drug-likeness (QED) is 0.799. The van der Waals surface area contributed by atoms with Crippen LogP contribution in [0.2, 0.25) is 0 Å². The van der Waals surface area contributed by atoms with Crippen LogP contribution in [0.4, 0.5) is 4.79 Å². The highest BCUT2D eigenvalue weighted by molar-refractivity contribution is 6.22. The number of amides is 2. The predicted octanol–water partition coefficient (Wildman–Crippen LogP) is 1.74. The van der Waals surface area contributed by atoms with Crippen molar-refractivity contribution < 1.29 is 14.3 Å². The molecule has 0 saturated carbocycles. The number of hydrogen-bond donors (Lipinski definition) is 1. The Kier molecular flexibility index (Phi) is 4.85. The first-order chi connectivity index (χ1) is 8.17. The van der Waals surface area contributed by atoms with E-state index in [2.05, 4.69) is 5.32 Å². The topological polar surface area (TPSA) is 58.6 Å². The zero-order chi connectivity index (χ0) is 13.9. The summed E-state index contributed by atoms with van der Waals surface area (Å²) in [5.74, 6) is 0.0350. The lowest BCUT2D eigenvalue weighted by Gasteiger charge is -2.24. The van der Waals surface area contributed by atoms with E-state index < -0.39 is 11.7 Å². The van der Waals surface area contributed by atoms with Gasteiger partial charge in [-0.1, -0.05) is 0 Å². The highest BCUT2D eigenvalue weighted by atomic mass is 35.5. The number of carbonyl (C=O) groups excluding carboxylic acids is 2. The van der Waals surface area contributed by atoms with Gasteiger partial charge >= 0.3 is 6.09 Å². The average Bonchev–Trinajstić information content (AvgIpc) is 2.40. The Balaban J connectivity index is 2.35. The van der Waals surface area contributed by atoms with Crippen LogP contribution in [0.15, 0.2) is 0 Å². The third-order valence-corrected chi connectivity index (χ3v) is 2.72. The zero-order valence-electron chi connectivity index (χ0n) is 11.3. The van der Waals surface area contributed by atoms with Gasteiger partial charge in [0.1, 0.15) is 5.60 Å². The largest absolute Gasteiger partial charge is 0.444 e. The van der Waals surface area contributed by atoms with E-state index in [-0.39, 0.29) is 17.3 Å². The van der Waals surface area contributed by atoms with E-state index in [1.165, 1.54) is 0 Å². The Labute approximate surface area is 113 Å². The van der Waals surface area contributed by atoms with E-state index in [9.17, 15) is 9.59 Å². The van der Waals surface area contributed by atoms with E-state index in [4.69, 9.17) is 16.3 Å². The number of nitrogens with one attached hydrogen (secondary N) is 1. The molecule has 1 heterocycles. The number of alkyl carbamates (subject to hydrolysis) is 1. The zero-order valence-corrected chi connectivity index (χ0v) is 12.1. The van der Waals surface area contributed by atoms with Gasteiger partial charge in [-0.25, -0.2) is 4.79 Å². The molecule has 0 bridgehead atoms. The third-order valence-electron chi connectivity index (χ3n) is 2.42. The molecule has 0 radical (unpaired) electrons. The maximum Gasteiger partial charge on any atom is 0.407 e. The second-order valence-corrected chi connectivity index (χ2v) is 6.26. The highest BCUT2D eigenvalue weighted by Crippen LogP contribution is 2.16. The fourth-order valence-corrected chi connectivity index (χ4v) is 2.08. The van der Waals surface area contributed by atoms with Crippen LogP contribution < -0.4 is 5.32 Å². The molecule has 2 atom stereocenters. The fourth-order valence-electron chi connectivity index (χ4n) is 1.79. The van der Waals surface area contributed by atoms with Crippen LogP contribution in [0.1, 0.15) is 34.1 Å². The molecule has 2 unspecified atom stereocenters. The van der Waals surface area contributed by atoms with Crippen molar-refractivity contribution >= 4 is 23.6 Å². The summed E-state index contributed by atoms with van der Waals surface area (Å²) >= 11 is 5.90.